The molecule has 0 aliphatic carbocycles. The predicted octanol–water partition coefficient (Wildman–Crippen LogP) is 2.84. The van der Waals surface area contributed by atoms with Gasteiger partial charge in [-0.3, -0.25) is 9.59 Å². The van der Waals surface area contributed by atoms with E-state index < -0.39 is 17.6 Å². The summed E-state index contributed by atoms with van der Waals surface area (Å²) >= 11 is 0. The fraction of sp³-hybridized carbons (Fsp3) is 0.182. The fourth-order valence-corrected chi connectivity index (χ4v) is 2.91. The normalized spacial score (nSPS) is 11.6. The standard InChI is InChI=1S/C22H24N4O3/c1-26(2)17-10-6-9-16(13-17)25-22(29)20-18(11-12-23-21(20)28)24-14-19(27)15-7-4-3-5-8-15/h3-13,19,27H,14H2,1-2H3,(H,25,29)(H2,23,24,28)/t19-/m1/s1. The van der Waals surface area contributed by atoms with Crippen molar-refractivity contribution < 1.29 is 9.90 Å². The Kier molecular flexibility index (Phi) is 6.31. The van der Waals surface area contributed by atoms with Crippen molar-refractivity contribution in [1.82, 2.24) is 4.98 Å². The monoisotopic (exact) mass is 392 g/mol. The lowest BCUT2D eigenvalue weighted by Gasteiger charge is -2.16. The van der Waals surface area contributed by atoms with Crippen LogP contribution in [0.2, 0.25) is 0 Å². The highest BCUT2D eigenvalue weighted by Gasteiger charge is 2.17. The highest BCUT2D eigenvalue weighted by molar-refractivity contribution is 6.07. The van der Waals surface area contributed by atoms with Gasteiger partial charge in [0.2, 0.25) is 0 Å². The number of rotatable bonds is 7. The van der Waals surface area contributed by atoms with Gasteiger partial charge in [0.1, 0.15) is 5.56 Å². The molecule has 7 nitrogen and oxygen atoms in total. The maximum atomic E-state index is 12.8. The topological polar surface area (TPSA) is 97.5 Å². The van der Waals surface area contributed by atoms with Crippen molar-refractivity contribution in [1.29, 1.82) is 0 Å². The lowest BCUT2D eigenvalue weighted by molar-refractivity contribution is 0.102. The van der Waals surface area contributed by atoms with E-state index in [1.54, 1.807) is 12.1 Å². The second kappa shape index (κ2) is 9.07. The number of H-pyrrole nitrogens is 1. The first kappa shape index (κ1) is 20.2. The van der Waals surface area contributed by atoms with E-state index in [1.807, 2.05) is 67.5 Å². The number of nitrogens with zero attached hydrogens (tertiary/aromatic N) is 1. The fourth-order valence-electron chi connectivity index (χ4n) is 2.91. The molecule has 3 aromatic rings. The summed E-state index contributed by atoms with van der Waals surface area (Å²) in [7, 11) is 3.81. The predicted molar refractivity (Wildman–Crippen MR) is 116 cm³/mol. The molecule has 2 aromatic carbocycles. The van der Waals surface area contributed by atoms with Gasteiger partial charge in [-0.05, 0) is 29.8 Å². The average molecular weight is 392 g/mol. The molecule has 0 unspecified atom stereocenters. The van der Waals surface area contributed by atoms with Crippen LogP contribution in [0.25, 0.3) is 0 Å². The highest BCUT2D eigenvalue weighted by Crippen LogP contribution is 2.20. The summed E-state index contributed by atoms with van der Waals surface area (Å²) in [6, 6.07) is 18.1. The van der Waals surface area contributed by atoms with E-state index >= 15 is 0 Å². The largest absolute Gasteiger partial charge is 0.387 e. The molecule has 1 amide bonds. The summed E-state index contributed by atoms with van der Waals surface area (Å²) in [5.74, 6) is -0.528. The van der Waals surface area contributed by atoms with Crippen molar-refractivity contribution in [3.63, 3.8) is 0 Å². The molecule has 29 heavy (non-hydrogen) atoms. The smallest absolute Gasteiger partial charge is 0.263 e. The molecule has 0 aliphatic heterocycles. The molecular weight excluding hydrogens is 368 g/mol. The number of aliphatic hydroxyl groups is 1. The van der Waals surface area contributed by atoms with Crippen LogP contribution >= 0.6 is 0 Å². The lowest BCUT2D eigenvalue weighted by Crippen LogP contribution is -2.26. The van der Waals surface area contributed by atoms with Gasteiger partial charge < -0.3 is 25.6 Å². The lowest BCUT2D eigenvalue weighted by atomic mass is 10.1. The van der Waals surface area contributed by atoms with E-state index in [1.165, 1.54) is 6.20 Å². The number of aromatic amines is 1. The molecule has 0 saturated carbocycles. The van der Waals surface area contributed by atoms with Gasteiger partial charge in [-0.1, -0.05) is 36.4 Å². The third-order valence-electron chi connectivity index (χ3n) is 4.48. The number of anilines is 3. The molecular formula is C22H24N4O3. The van der Waals surface area contributed by atoms with Crippen molar-refractivity contribution in [2.24, 2.45) is 0 Å². The minimum Gasteiger partial charge on any atom is -0.387 e. The Morgan fingerprint density at radius 2 is 1.86 bits per heavy atom. The Hall–Kier alpha value is -3.58. The number of nitrogens with one attached hydrogen (secondary N) is 3. The van der Waals surface area contributed by atoms with Gasteiger partial charge in [-0.15, -0.1) is 0 Å². The summed E-state index contributed by atoms with van der Waals surface area (Å²) in [5.41, 5.74) is 2.06. The molecule has 0 bridgehead atoms. The molecule has 0 saturated heterocycles. The first-order valence-electron chi connectivity index (χ1n) is 9.23. The van der Waals surface area contributed by atoms with Crippen molar-refractivity contribution in [2.45, 2.75) is 6.10 Å². The Morgan fingerprint density at radius 1 is 1.10 bits per heavy atom. The van der Waals surface area contributed by atoms with Crippen LogP contribution in [0.4, 0.5) is 17.1 Å². The van der Waals surface area contributed by atoms with Crippen molar-refractivity contribution in [3.05, 3.63) is 88.3 Å². The van der Waals surface area contributed by atoms with Gasteiger partial charge in [0, 0.05) is 38.2 Å². The second-order valence-corrected chi connectivity index (χ2v) is 6.80. The number of aliphatic hydroxyl groups excluding tert-OH is 1. The first-order valence-corrected chi connectivity index (χ1v) is 9.23. The number of hydrogen-bond donors (Lipinski definition) is 4. The summed E-state index contributed by atoms with van der Waals surface area (Å²) in [4.78, 5) is 29.6. The van der Waals surface area contributed by atoms with Crippen LogP contribution in [-0.4, -0.2) is 36.6 Å². The highest BCUT2D eigenvalue weighted by atomic mass is 16.3. The number of carbonyl (C=O) groups excluding carboxylic acids is 1. The molecule has 4 N–H and O–H groups in total. The van der Waals surface area contributed by atoms with E-state index in [0.717, 1.165) is 11.3 Å². The van der Waals surface area contributed by atoms with Crippen LogP contribution in [0.5, 0.6) is 0 Å². The number of carbonyl (C=O) groups is 1. The van der Waals surface area contributed by atoms with Crippen LogP contribution < -0.4 is 21.1 Å². The Bertz CT molecular complexity index is 1030. The molecule has 150 valence electrons. The Labute approximate surface area is 169 Å². The number of amides is 1. The molecule has 1 atom stereocenters. The van der Waals surface area contributed by atoms with Gasteiger partial charge in [-0.25, -0.2) is 0 Å². The zero-order valence-corrected chi connectivity index (χ0v) is 16.3. The molecule has 7 heteroatoms. The Morgan fingerprint density at radius 3 is 2.59 bits per heavy atom. The third-order valence-corrected chi connectivity index (χ3v) is 4.48. The minimum atomic E-state index is -0.775. The number of aromatic nitrogens is 1. The maximum Gasteiger partial charge on any atom is 0.263 e. The van der Waals surface area contributed by atoms with Crippen molar-refractivity contribution in [3.8, 4) is 0 Å². The Balaban J connectivity index is 1.78. The van der Waals surface area contributed by atoms with E-state index in [2.05, 4.69) is 15.6 Å². The minimum absolute atomic E-state index is 0.0389. The van der Waals surface area contributed by atoms with Crippen LogP contribution in [-0.2, 0) is 0 Å². The number of hydrogen-bond acceptors (Lipinski definition) is 5. The number of pyridine rings is 1. The summed E-state index contributed by atoms with van der Waals surface area (Å²) < 4.78 is 0. The summed E-state index contributed by atoms with van der Waals surface area (Å²) in [5, 5.41) is 16.1. The van der Waals surface area contributed by atoms with Gasteiger partial charge in [0.15, 0.2) is 0 Å². The second-order valence-electron chi connectivity index (χ2n) is 6.80. The summed E-state index contributed by atoms with van der Waals surface area (Å²) in [6.07, 6.45) is 0.686. The zero-order valence-electron chi connectivity index (χ0n) is 16.3. The van der Waals surface area contributed by atoms with E-state index in [0.29, 0.717) is 11.4 Å². The van der Waals surface area contributed by atoms with E-state index in [-0.39, 0.29) is 12.1 Å². The maximum absolute atomic E-state index is 12.8. The zero-order chi connectivity index (χ0) is 20.8. The SMILES string of the molecule is CN(C)c1cccc(NC(=O)c2c(NC[C@@H](O)c3ccccc3)cc[nH]c2=O)c1. The first-order chi connectivity index (χ1) is 14.0. The third kappa shape index (κ3) is 5.03. The van der Waals surface area contributed by atoms with Gasteiger partial charge in [0.25, 0.3) is 11.5 Å². The molecule has 3 rings (SSSR count). The van der Waals surface area contributed by atoms with Gasteiger partial charge >= 0.3 is 0 Å². The molecule has 1 aromatic heterocycles. The summed E-state index contributed by atoms with van der Waals surface area (Å²) in [6.45, 7) is 0.157. The molecule has 0 radical (unpaired) electrons. The quantitative estimate of drug-likeness (QED) is 0.496. The molecule has 0 aliphatic rings. The van der Waals surface area contributed by atoms with Crippen LogP contribution in [0.15, 0.2) is 71.7 Å². The molecule has 1 heterocycles. The van der Waals surface area contributed by atoms with Gasteiger partial charge in [0.05, 0.1) is 11.8 Å². The van der Waals surface area contributed by atoms with E-state index in [4.69, 9.17) is 0 Å². The van der Waals surface area contributed by atoms with Crippen LogP contribution in [0.3, 0.4) is 0 Å². The molecule has 0 spiro atoms. The van der Waals surface area contributed by atoms with Crippen molar-refractivity contribution >= 4 is 23.0 Å². The van der Waals surface area contributed by atoms with Crippen LogP contribution in [0, 0.1) is 0 Å². The van der Waals surface area contributed by atoms with Crippen LogP contribution in [0.1, 0.15) is 22.0 Å². The van der Waals surface area contributed by atoms with Gasteiger partial charge in [-0.2, -0.15) is 0 Å². The average Bonchev–Trinajstić information content (AvgIpc) is 2.72. The van der Waals surface area contributed by atoms with Crippen molar-refractivity contribution in [2.75, 3.05) is 36.2 Å². The van der Waals surface area contributed by atoms with E-state index in [9.17, 15) is 14.7 Å². The molecule has 0 fully saturated rings. The number of benzene rings is 2.